The second-order valence-electron chi connectivity index (χ2n) is 5.63. The highest BCUT2D eigenvalue weighted by Crippen LogP contribution is 2.29. The number of amides is 1. The number of rotatable bonds is 5. The summed E-state index contributed by atoms with van der Waals surface area (Å²) in [7, 11) is 1.56. The number of nitrogens with zero attached hydrogens (tertiary/aromatic N) is 1. The van der Waals surface area contributed by atoms with Crippen LogP contribution < -0.4 is 10.1 Å². The van der Waals surface area contributed by atoms with E-state index >= 15 is 0 Å². The molecular weight excluding hydrogens is 384 g/mol. The number of amidine groups is 1. The van der Waals surface area contributed by atoms with E-state index in [1.54, 1.807) is 37.5 Å². The van der Waals surface area contributed by atoms with Crippen LogP contribution in [0, 0.1) is 0 Å². The topological polar surface area (TPSA) is 125 Å². The molecule has 1 heterocycles. The standard InChI is InChI=1S/C19H14N2O6S/c1-27-14-4-2-10(3-5-14)6-15-16(22)21-19(28-15)20-13-8-11(17(23)24)7-12(9-13)18(25)26/h2-9H,1H3,(H,23,24)(H,25,26)(H,20,21,22). The fraction of sp³-hybridized carbons (Fsp3) is 0.0526. The Morgan fingerprint density at radius 3 is 2.21 bits per heavy atom. The van der Waals surface area contributed by atoms with Gasteiger partial charge in [-0.15, -0.1) is 0 Å². The summed E-state index contributed by atoms with van der Waals surface area (Å²) in [5.74, 6) is -2.20. The van der Waals surface area contributed by atoms with Crippen LogP contribution in [0.25, 0.3) is 6.08 Å². The number of carbonyl (C=O) groups is 3. The minimum atomic E-state index is -1.27. The zero-order chi connectivity index (χ0) is 20.3. The van der Waals surface area contributed by atoms with Crippen molar-refractivity contribution in [2.45, 2.75) is 0 Å². The maximum absolute atomic E-state index is 12.2. The molecule has 1 aliphatic heterocycles. The Balaban J connectivity index is 1.88. The third kappa shape index (κ3) is 4.38. The van der Waals surface area contributed by atoms with Crippen molar-refractivity contribution in [3.05, 3.63) is 64.1 Å². The zero-order valence-electron chi connectivity index (χ0n) is 14.5. The van der Waals surface area contributed by atoms with E-state index in [1.165, 1.54) is 12.1 Å². The molecule has 0 radical (unpaired) electrons. The van der Waals surface area contributed by atoms with Gasteiger partial charge >= 0.3 is 11.9 Å². The quantitative estimate of drug-likeness (QED) is 0.661. The van der Waals surface area contributed by atoms with Gasteiger partial charge < -0.3 is 20.3 Å². The lowest BCUT2D eigenvalue weighted by Gasteiger charge is -2.02. The van der Waals surface area contributed by atoms with E-state index in [0.717, 1.165) is 23.4 Å². The number of hydrogen-bond acceptors (Lipinski definition) is 6. The third-order valence-electron chi connectivity index (χ3n) is 3.71. The molecule has 8 nitrogen and oxygen atoms in total. The van der Waals surface area contributed by atoms with Gasteiger partial charge in [0.05, 0.1) is 28.8 Å². The van der Waals surface area contributed by atoms with Crippen molar-refractivity contribution in [2.75, 3.05) is 7.11 Å². The average Bonchev–Trinajstić information content (AvgIpc) is 3.00. The highest BCUT2D eigenvalue weighted by Gasteiger charge is 2.24. The van der Waals surface area contributed by atoms with E-state index in [0.29, 0.717) is 10.7 Å². The fourth-order valence-electron chi connectivity index (χ4n) is 2.37. The van der Waals surface area contributed by atoms with Gasteiger partial charge in [0.25, 0.3) is 5.91 Å². The van der Waals surface area contributed by atoms with Gasteiger partial charge in [-0.3, -0.25) is 4.79 Å². The number of ether oxygens (including phenoxy) is 1. The predicted octanol–water partition coefficient (Wildman–Crippen LogP) is 2.98. The Morgan fingerprint density at radius 2 is 1.68 bits per heavy atom. The normalized spacial score (nSPS) is 16.2. The number of benzene rings is 2. The molecule has 3 N–H and O–H groups in total. The van der Waals surface area contributed by atoms with E-state index in [2.05, 4.69) is 10.3 Å². The van der Waals surface area contributed by atoms with Crippen LogP contribution >= 0.6 is 11.8 Å². The molecule has 142 valence electrons. The molecule has 9 heteroatoms. The summed E-state index contributed by atoms with van der Waals surface area (Å²) in [6.07, 6.45) is 1.68. The lowest BCUT2D eigenvalue weighted by atomic mass is 10.1. The lowest BCUT2D eigenvalue weighted by Crippen LogP contribution is -2.19. The monoisotopic (exact) mass is 398 g/mol. The van der Waals surface area contributed by atoms with Gasteiger partial charge in [-0.25, -0.2) is 14.6 Å². The van der Waals surface area contributed by atoms with E-state index in [4.69, 9.17) is 14.9 Å². The average molecular weight is 398 g/mol. The molecule has 0 atom stereocenters. The molecule has 0 aromatic heterocycles. The van der Waals surface area contributed by atoms with Crippen LogP contribution in [-0.4, -0.2) is 40.3 Å². The van der Waals surface area contributed by atoms with Crippen molar-refractivity contribution < 1.29 is 29.3 Å². The van der Waals surface area contributed by atoms with Crippen LogP contribution in [0.4, 0.5) is 5.69 Å². The summed E-state index contributed by atoms with van der Waals surface area (Å²) < 4.78 is 5.09. The number of thioether (sulfide) groups is 1. The van der Waals surface area contributed by atoms with Gasteiger partial charge in [0.15, 0.2) is 5.17 Å². The van der Waals surface area contributed by atoms with E-state index in [9.17, 15) is 14.4 Å². The molecule has 3 rings (SSSR count). The largest absolute Gasteiger partial charge is 0.497 e. The molecule has 2 aromatic carbocycles. The predicted molar refractivity (Wildman–Crippen MR) is 104 cm³/mol. The first-order valence-corrected chi connectivity index (χ1v) is 8.72. The molecule has 0 spiro atoms. The van der Waals surface area contributed by atoms with Crippen LogP contribution in [0.1, 0.15) is 26.3 Å². The first-order valence-electron chi connectivity index (χ1n) is 7.91. The first-order chi connectivity index (χ1) is 13.4. The summed E-state index contributed by atoms with van der Waals surface area (Å²) in [6.45, 7) is 0. The van der Waals surface area contributed by atoms with Crippen molar-refractivity contribution in [1.82, 2.24) is 5.32 Å². The first kappa shape index (κ1) is 19.2. The third-order valence-corrected chi connectivity index (χ3v) is 4.62. The van der Waals surface area contributed by atoms with Gasteiger partial charge in [0.1, 0.15) is 5.75 Å². The molecule has 0 saturated carbocycles. The molecule has 1 aliphatic rings. The maximum Gasteiger partial charge on any atom is 0.335 e. The Bertz CT molecular complexity index is 995. The van der Waals surface area contributed by atoms with Gasteiger partial charge in [-0.2, -0.15) is 0 Å². The number of aromatic carboxylic acids is 2. The molecule has 1 saturated heterocycles. The van der Waals surface area contributed by atoms with Crippen LogP contribution in [0.5, 0.6) is 5.75 Å². The number of carboxylic acid groups (broad SMARTS) is 2. The minimum Gasteiger partial charge on any atom is -0.497 e. The second kappa shape index (κ2) is 7.97. The van der Waals surface area contributed by atoms with E-state index < -0.39 is 11.9 Å². The highest BCUT2D eigenvalue weighted by atomic mass is 32.2. The smallest absolute Gasteiger partial charge is 0.335 e. The van der Waals surface area contributed by atoms with Gasteiger partial charge in [-0.05, 0) is 53.7 Å². The van der Waals surface area contributed by atoms with Crippen molar-refractivity contribution in [3.63, 3.8) is 0 Å². The summed E-state index contributed by atoms with van der Waals surface area (Å²) in [5.41, 5.74) is 0.497. The summed E-state index contributed by atoms with van der Waals surface area (Å²) >= 11 is 1.07. The van der Waals surface area contributed by atoms with Crippen molar-refractivity contribution in [2.24, 2.45) is 4.99 Å². The number of carboxylic acids is 2. The second-order valence-corrected chi connectivity index (χ2v) is 6.66. The van der Waals surface area contributed by atoms with Crippen LogP contribution in [0.2, 0.25) is 0 Å². The molecule has 0 aliphatic carbocycles. The number of carbonyl (C=O) groups excluding carboxylic acids is 1. The van der Waals surface area contributed by atoms with Crippen molar-refractivity contribution >= 4 is 46.5 Å². The summed E-state index contributed by atoms with van der Waals surface area (Å²) in [4.78, 5) is 39.1. The molecule has 1 amide bonds. The Hall–Kier alpha value is -3.59. The molecule has 0 unspecified atom stereocenters. The number of hydrogen-bond donors (Lipinski definition) is 3. The van der Waals surface area contributed by atoms with Gasteiger partial charge in [0.2, 0.25) is 0 Å². The number of methoxy groups -OCH3 is 1. The molecule has 2 aromatic rings. The Labute approximate surface area is 163 Å². The maximum atomic E-state index is 12.2. The number of nitrogens with one attached hydrogen (secondary N) is 1. The summed E-state index contributed by atoms with van der Waals surface area (Å²) in [5, 5.41) is 21.1. The Morgan fingerprint density at radius 1 is 1.07 bits per heavy atom. The molecular formula is C19H14N2O6S. The van der Waals surface area contributed by atoms with Crippen LogP contribution in [-0.2, 0) is 4.79 Å². The van der Waals surface area contributed by atoms with Crippen LogP contribution in [0.3, 0.4) is 0 Å². The molecule has 1 fully saturated rings. The number of aliphatic imine (C=N–C) groups is 1. The lowest BCUT2D eigenvalue weighted by molar-refractivity contribution is -0.115. The fourth-order valence-corrected chi connectivity index (χ4v) is 3.21. The van der Waals surface area contributed by atoms with Crippen molar-refractivity contribution in [1.29, 1.82) is 0 Å². The van der Waals surface area contributed by atoms with Crippen LogP contribution in [0.15, 0.2) is 52.4 Å². The summed E-state index contributed by atoms with van der Waals surface area (Å²) in [6, 6.07) is 10.6. The van der Waals surface area contributed by atoms with Gasteiger partial charge in [0, 0.05) is 0 Å². The zero-order valence-corrected chi connectivity index (χ0v) is 15.3. The van der Waals surface area contributed by atoms with Crippen molar-refractivity contribution in [3.8, 4) is 5.75 Å². The SMILES string of the molecule is COc1ccc(C=C2SC(=Nc3cc(C(=O)O)cc(C(=O)O)c3)NC2=O)cc1. The van der Waals surface area contributed by atoms with E-state index in [-0.39, 0.29) is 27.9 Å². The van der Waals surface area contributed by atoms with E-state index in [1.807, 2.05) is 0 Å². The van der Waals surface area contributed by atoms with Gasteiger partial charge in [-0.1, -0.05) is 12.1 Å². The molecule has 28 heavy (non-hydrogen) atoms. The minimum absolute atomic E-state index is 0.116. The highest BCUT2D eigenvalue weighted by molar-refractivity contribution is 8.18. The Kier molecular flexibility index (Phi) is 5.46. The molecule has 0 bridgehead atoms.